The molecular formula is C32H34F6N4O3S. The molecule has 0 N–H and O–H groups in total. The number of carbonyl (C=O) groups is 1. The number of amidine groups is 1. The lowest BCUT2D eigenvalue weighted by Crippen LogP contribution is -2.49. The molecule has 0 spiro atoms. The fourth-order valence-corrected chi connectivity index (χ4v) is 5.91. The number of amides is 1. The SMILES string of the molecule is C=CCN(CC=C)CCN1CCN(C2=NC(=O)C(=Cc3ccc(OCc4ccc(C(F)(F)F)cc4C(F)(F)F)c(OC)c3)S2)CC1. The van der Waals surface area contributed by atoms with E-state index in [0.29, 0.717) is 21.7 Å². The third-order valence-electron chi connectivity index (χ3n) is 7.37. The largest absolute Gasteiger partial charge is 0.493 e. The molecule has 0 aliphatic carbocycles. The van der Waals surface area contributed by atoms with E-state index in [1.54, 1.807) is 18.2 Å². The van der Waals surface area contributed by atoms with Crippen molar-refractivity contribution < 1.29 is 40.6 Å². The van der Waals surface area contributed by atoms with Gasteiger partial charge in [-0.1, -0.05) is 24.3 Å². The minimum atomic E-state index is -5.02. The fraction of sp³-hybridized carbons (Fsp3) is 0.375. The van der Waals surface area contributed by atoms with Crippen molar-refractivity contribution in [1.82, 2.24) is 14.7 Å². The first kappa shape index (κ1) is 35.1. The van der Waals surface area contributed by atoms with Gasteiger partial charge in [-0.3, -0.25) is 14.6 Å². The molecule has 2 aromatic carbocycles. The van der Waals surface area contributed by atoms with Gasteiger partial charge in [0.2, 0.25) is 0 Å². The molecule has 1 saturated heterocycles. The van der Waals surface area contributed by atoms with Crippen LogP contribution in [0.15, 0.2) is 71.6 Å². The third kappa shape index (κ3) is 9.17. The highest BCUT2D eigenvalue weighted by molar-refractivity contribution is 8.18. The summed E-state index contributed by atoms with van der Waals surface area (Å²) in [6, 6.07) is 6.00. The van der Waals surface area contributed by atoms with Gasteiger partial charge in [-0.15, -0.1) is 13.2 Å². The first-order valence-corrected chi connectivity index (χ1v) is 15.2. The van der Waals surface area contributed by atoms with E-state index >= 15 is 0 Å². The van der Waals surface area contributed by atoms with Gasteiger partial charge in [0.05, 0.1) is 23.1 Å². The van der Waals surface area contributed by atoms with Crippen molar-refractivity contribution >= 4 is 28.9 Å². The molecule has 2 aromatic rings. The van der Waals surface area contributed by atoms with Gasteiger partial charge in [0.15, 0.2) is 16.7 Å². The number of hydrogen-bond donors (Lipinski definition) is 0. The molecule has 2 heterocycles. The number of methoxy groups -OCH3 is 1. The number of halogens is 6. The number of carbonyl (C=O) groups excluding carboxylic acids is 1. The second-order valence-corrected chi connectivity index (χ2v) is 11.6. The van der Waals surface area contributed by atoms with Crippen molar-refractivity contribution in [2.75, 3.05) is 59.5 Å². The first-order valence-electron chi connectivity index (χ1n) is 14.3. The van der Waals surface area contributed by atoms with Crippen LogP contribution < -0.4 is 9.47 Å². The molecule has 2 aliphatic heterocycles. The Morgan fingerprint density at radius 2 is 1.65 bits per heavy atom. The standard InChI is InChI=1S/C32H34F6N4O3S/c1-4-10-40(11-5-2)12-13-41-14-16-42(17-15-41)30-39-29(43)28(46-30)19-22-6-9-26(27(18-22)44-3)45-21-23-7-8-24(31(33,34)35)20-25(23)32(36,37)38/h4-9,18-20H,1-2,10-17,21H2,3H3. The molecule has 248 valence electrons. The summed E-state index contributed by atoms with van der Waals surface area (Å²) in [6.45, 7) is 13.5. The van der Waals surface area contributed by atoms with Crippen LogP contribution in [0, 0.1) is 0 Å². The predicted octanol–water partition coefficient (Wildman–Crippen LogP) is 6.57. The second kappa shape index (κ2) is 15.2. The molecule has 0 radical (unpaired) electrons. The molecule has 14 heteroatoms. The number of rotatable bonds is 12. The van der Waals surface area contributed by atoms with E-state index in [1.165, 1.54) is 24.9 Å². The first-order chi connectivity index (χ1) is 21.8. The summed E-state index contributed by atoms with van der Waals surface area (Å²) in [4.78, 5) is 24.1. The summed E-state index contributed by atoms with van der Waals surface area (Å²) in [7, 11) is 1.34. The van der Waals surface area contributed by atoms with E-state index < -0.39 is 35.6 Å². The number of nitrogens with zero attached hydrogens (tertiary/aromatic N) is 4. The maximum absolute atomic E-state index is 13.5. The lowest BCUT2D eigenvalue weighted by molar-refractivity contribution is -0.143. The number of hydrogen-bond acceptors (Lipinski definition) is 7. The average molecular weight is 669 g/mol. The van der Waals surface area contributed by atoms with Crippen molar-refractivity contribution in [1.29, 1.82) is 0 Å². The summed E-state index contributed by atoms with van der Waals surface area (Å²) in [6.07, 6.45) is -4.55. The maximum atomic E-state index is 13.5. The van der Waals surface area contributed by atoms with E-state index in [4.69, 9.17) is 9.47 Å². The topological polar surface area (TPSA) is 57.6 Å². The van der Waals surface area contributed by atoms with E-state index in [2.05, 4.69) is 32.9 Å². The molecular weight excluding hydrogens is 634 g/mol. The van der Waals surface area contributed by atoms with Crippen molar-refractivity contribution in [3.63, 3.8) is 0 Å². The van der Waals surface area contributed by atoms with Crippen LogP contribution in [0.3, 0.4) is 0 Å². The summed E-state index contributed by atoms with van der Waals surface area (Å²) in [5.74, 6) is -0.134. The quantitative estimate of drug-likeness (QED) is 0.144. The Bertz CT molecular complexity index is 1470. The van der Waals surface area contributed by atoms with Crippen LogP contribution in [0.1, 0.15) is 22.3 Å². The van der Waals surface area contributed by atoms with Crippen LogP contribution >= 0.6 is 11.8 Å². The Balaban J connectivity index is 1.37. The number of thioether (sulfide) groups is 1. The zero-order valence-corrected chi connectivity index (χ0v) is 26.0. The van der Waals surface area contributed by atoms with Crippen LogP contribution in [-0.2, 0) is 23.8 Å². The monoisotopic (exact) mass is 668 g/mol. The molecule has 1 fully saturated rings. The Kier molecular flexibility index (Phi) is 11.6. The van der Waals surface area contributed by atoms with E-state index in [0.717, 1.165) is 58.4 Å². The minimum Gasteiger partial charge on any atom is -0.493 e. The second-order valence-electron chi connectivity index (χ2n) is 10.5. The van der Waals surface area contributed by atoms with Gasteiger partial charge in [0, 0.05) is 57.9 Å². The van der Waals surface area contributed by atoms with E-state index in [1.807, 2.05) is 12.2 Å². The van der Waals surface area contributed by atoms with Crippen molar-refractivity contribution in [2.45, 2.75) is 19.0 Å². The molecule has 46 heavy (non-hydrogen) atoms. The molecule has 4 rings (SSSR count). The summed E-state index contributed by atoms with van der Waals surface area (Å²) >= 11 is 1.26. The lowest BCUT2D eigenvalue weighted by atomic mass is 10.0. The van der Waals surface area contributed by atoms with Crippen molar-refractivity contribution in [3.05, 3.63) is 88.9 Å². The summed E-state index contributed by atoms with van der Waals surface area (Å²) in [5, 5.41) is 0.625. The lowest BCUT2D eigenvalue weighted by Gasteiger charge is -2.36. The molecule has 0 aromatic heterocycles. The Morgan fingerprint density at radius 3 is 2.26 bits per heavy atom. The van der Waals surface area contributed by atoms with Gasteiger partial charge in [-0.2, -0.15) is 31.3 Å². The zero-order valence-electron chi connectivity index (χ0n) is 25.2. The smallest absolute Gasteiger partial charge is 0.416 e. The molecule has 0 unspecified atom stereocenters. The van der Waals surface area contributed by atoms with Crippen molar-refractivity contribution in [3.8, 4) is 11.5 Å². The fourth-order valence-electron chi connectivity index (χ4n) is 4.94. The van der Waals surface area contributed by atoms with E-state index in [9.17, 15) is 31.1 Å². The number of aliphatic imine (C=N–C) groups is 1. The van der Waals surface area contributed by atoms with Crippen LogP contribution in [-0.4, -0.2) is 85.2 Å². The molecule has 0 saturated carbocycles. The van der Waals surface area contributed by atoms with Crippen LogP contribution in [0.4, 0.5) is 26.3 Å². The Hall–Kier alpha value is -3.75. The minimum absolute atomic E-state index is 0.0708. The molecule has 2 aliphatic rings. The maximum Gasteiger partial charge on any atom is 0.416 e. The molecule has 1 amide bonds. The number of alkyl halides is 6. The highest BCUT2D eigenvalue weighted by atomic mass is 32.2. The number of benzene rings is 2. The van der Waals surface area contributed by atoms with Gasteiger partial charge in [0.1, 0.15) is 6.61 Å². The number of ether oxygens (including phenoxy) is 2. The molecule has 0 bridgehead atoms. The number of piperazine rings is 1. The summed E-state index contributed by atoms with van der Waals surface area (Å²) < 4.78 is 90.5. The average Bonchev–Trinajstić information content (AvgIpc) is 3.38. The normalized spacial score (nSPS) is 17.0. The van der Waals surface area contributed by atoms with E-state index in [-0.39, 0.29) is 23.5 Å². The Labute approximate surface area is 267 Å². The third-order valence-corrected chi connectivity index (χ3v) is 8.41. The zero-order chi connectivity index (χ0) is 33.5. The predicted molar refractivity (Wildman–Crippen MR) is 167 cm³/mol. The van der Waals surface area contributed by atoms with Crippen molar-refractivity contribution in [2.24, 2.45) is 4.99 Å². The van der Waals surface area contributed by atoms with Gasteiger partial charge >= 0.3 is 12.4 Å². The van der Waals surface area contributed by atoms with Gasteiger partial charge in [-0.25, -0.2) is 0 Å². The summed E-state index contributed by atoms with van der Waals surface area (Å²) in [5.41, 5.74) is -2.74. The molecule has 0 atom stereocenters. The van der Waals surface area contributed by atoms with Crippen LogP contribution in [0.5, 0.6) is 11.5 Å². The van der Waals surface area contributed by atoms with Crippen LogP contribution in [0.25, 0.3) is 6.08 Å². The van der Waals surface area contributed by atoms with Gasteiger partial charge in [0.25, 0.3) is 5.91 Å². The van der Waals surface area contributed by atoms with Crippen LogP contribution in [0.2, 0.25) is 0 Å². The van der Waals surface area contributed by atoms with Gasteiger partial charge < -0.3 is 14.4 Å². The highest BCUT2D eigenvalue weighted by Gasteiger charge is 2.38. The molecule has 7 nitrogen and oxygen atoms in total. The van der Waals surface area contributed by atoms with Gasteiger partial charge in [-0.05, 0) is 47.7 Å². The Morgan fingerprint density at radius 1 is 0.957 bits per heavy atom. The highest BCUT2D eigenvalue weighted by Crippen LogP contribution is 2.39.